The van der Waals surface area contributed by atoms with Gasteiger partial charge in [-0.25, -0.2) is 4.79 Å². The molecule has 0 spiro atoms. The molecule has 1 aromatic heterocycles. The van der Waals surface area contributed by atoms with Crippen LogP contribution in [0.25, 0.3) is 0 Å². The number of nitrogens with zero attached hydrogens (tertiary/aromatic N) is 4. The molecule has 1 aliphatic rings. The number of carbonyl (C=O) groups is 1. The molecule has 2 rings (SSSR count). The average molecular weight is 264 g/mol. The molecular formula is C13H20N4O2. The highest BCUT2D eigenvalue weighted by atomic mass is 16.4. The minimum absolute atomic E-state index is 0.0158. The summed E-state index contributed by atoms with van der Waals surface area (Å²) in [5.74, 6) is -0.307. The van der Waals surface area contributed by atoms with E-state index in [-0.39, 0.29) is 5.69 Å². The summed E-state index contributed by atoms with van der Waals surface area (Å²) in [6.07, 6.45) is 2.21. The summed E-state index contributed by atoms with van der Waals surface area (Å²) in [5.41, 5.74) is -0.0158. The van der Waals surface area contributed by atoms with Crippen molar-refractivity contribution in [2.75, 3.05) is 31.6 Å². The summed E-state index contributed by atoms with van der Waals surface area (Å²) in [5, 5.41) is 16.5. The van der Waals surface area contributed by atoms with Gasteiger partial charge in [0.2, 0.25) is 0 Å². The second kappa shape index (κ2) is 5.97. The van der Waals surface area contributed by atoms with Crippen molar-refractivity contribution in [3.05, 3.63) is 17.8 Å². The number of aromatic carboxylic acids is 1. The average Bonchev–Trinajstić information content (AvgIpc) is 2.46. The van der Waals surface area contributed by atoms with Gasteiger partial charge < -0.3 is 14.9 Å². The quantitative estimate of drug-likeness (QED) is 0.878. The molecule has 0 saturated carbocycles. The van der Waals surface area contributed by atoms with E-state index in [0.717, 1.165) is 38.3 Å². The fourth-order valence-corrected chi connectivity index (χ4v) is 2.44. The molecule has 1 aromatic rings. The van der Waals surface area contributed by atoms with Gasteiger partial charge >= 0.3 is 5.97 Å². The van der Waals surface area contributed by atoms with Crippen LogP contribution in [0.5, 0.6) is 0 Å². The van der Waals surface area contributed by atoms with E-state index in [9.17, 15) is 4.79 Å². The summed E-state index contributed by atoms with van der Waals surface area (Å²) >= 11 is 0. The second-order valence-electron chi connectivity index (χ2n) is 4.86. The number of aromatic nitrogens is 2. The third kappa shape index (κ3) is 3.20. The number of piperidine rings is 1. The van der Waals surface area contributed by atoms with E-state index < -0.39 is 5.97 Å². The van der Waals surface area contributed by atoms with Gasteiger partial charge in [0.15, 0.2) is 11.5 Å². The highest BCUT2D eigenvalue weighted by Gasteiger charge is 2.22. The number of hydrogen-bond acceptors (Lipinski definition) is 5. The summed E-state index contributed by atoms with van der Waals surface area (Å²) < 4.78 is 0. The fourth-order valence-electron chi connectivity index (χ4n) is 2.44. The van der Waals surface area contributed by atoms with Gasteiger partial charge in [0, 0.05) is 26.2 Å². The van der Waals surface area contributed by atoms with Crippen molar-refractivity contribution >= 4 is 11.8 Å². The molecule has 19 heavy (non-hydrogen) atoms. The first-order valence-electron chi connectivity index (χ1n) is 6.64. The summed E-state index contributed by atoms with van der Waals surface area (Å²) in [6.45, 7) is 5.49. The van der Waals surface area contributed by atoms with Crippen LogP contribution in [0.15, 0.2) is 12.1 Å². The Labute approximate surface area is 113 Å². The molecule has 6 nitrogen and oxygen atoms in total. The highest BCUT2D eigenvalue weighted by molar-refractivity contribution is 5.85. The second-order valence-corrected chi connectivity index (χ2v) is 4.86. The lowest BCUT2D eigenvalue weighted by atomic mass is 10.0. The van der Waals surface area contributed by atoms with Gasteiger partial charge in [-0.1, -0.05) is 6.92 Å². The number of rotatable bonds is 4. The Morgan fingerprint density at radius 3 is 2.58 bits per heavy atom. The molecule has 0 amide bonds. The number of hydrogen-bond donors (Lipinski definition) is 1. The molecule has 2 heterocycles. The molecule has 0 aliphatic carbocycles. The Bertz CT molecular complexity index is 427. The zero-order chi connectivity index (χ0) is 13.8. The maximum absolute atomic E-state index is 10.7. The lowest BCUT2D eigenvalue weighted by Crippen LogP contribution is -2.43. The van der Waals surface area contributed by atoms with Gasteiger partial charge in [-0.2, -0.15) is 0 Å². The topological polar surface area (TPSA) is 69.6 Å². The predicted octanol–water partition coefficient (Wildman–Crippen LogP) is 1.10. The standard InChI is InChI=1S/C13H20N4O2/c1-3-17-8-6-10(7-9-17)16(2)12-5-4-11(13(18)19)14-15-12/h4-5,10H,3,6-9H2,1-2H3,(H,18,19). The van der Waals surface area contributed by atoms with Crippen molar-refractivity contribution in [1.29, 1.82) is 0 Å². The molecule has 1 aliphatic heterocycles. The molecule has 1 saturated heterocycles. The van der Waals surface area contributed by atoms with Crippen LogP contribution in [0, 0.1) is 0 Å². The molecule has 0 radical (unpaired) electrons. The van der Waals surface area contributed by atoms with Crippen LogP contribution in [0.1, 0.15) is 30.3 Å². The molecule has 104 valence electrons. The van der Waals surface area contributed by atoms with Crippen molar-refractivity contribution in [1.82, 2.24) is 15.1 Å². The van der Waals surface area contributed by atoms with Crippen molar-refractivity contribution in [2.24, 2.45) is 0 Å². The molecule has 6 heteroatoms. The molecule has 0 bridgehead atoms. The highest BCUT2D eigenvalue weighted by Crippen LogP contribution is 2.19. The normalized spacial score (nSPS) is 17.4. The van der Waals surface area contributed by atoms with Crippen LogP contribution in [-0.4, -0.2) is 58.9 Å². The lowest BCUT2D eigenvalue weighted by molar-refractivity contribution is 0.0689. The zero-order valence-corrected chi connectivity index (χ0v) is 11.4. The lowest BCUT2D eigenvalue weighted by Gasteiger charge is -2.36. The first kappa shape index (κ1) is 13.7. The monoisotopic (exact) mass is 264 g/mol. The van der Waals surface area contributed by atoms with E-state index in [0.29, 0.717) is 6.04 Å². The van der Waals surface area contributed by atoms with Gasteiger partial charge in [-0.3, -0.25) is 0 Å². The number of anilines is 1. The summed E-state index contributed by atoms with van der Waals surface area (Å²) in [7, 11) is 2.00. The zero-order valence-electron chi connectivity index (χ0n) is 11.4. The fraction of sp³-hybridized carbons (Fsp3) is 0.615. The number of carboxylic acid groups (broad SMARTS) is 1. The van der Waals surface area contributed by atoms with Crippen molar-refractivity contribution in [3.8, 4) is 0 Å². The van der Waals surface area contributed by atoms with Gasteiger partial charge in [-0.15, -0.1) is 10.2 Å². The van der Waals surface area contributed by atoms with Crippen LogP contribution in [-0.2, 0) is 0 Å². The Hall–Kier alpha value is -1.69. The van der Waals surface area contributed by atoms with Crippen LogP contribution in [0.4, 0.5) is 5.82 Å². The first-order chi connectivity index (χ1) is 9.11. The van der Waals surface area contributed by atoms with Crippen LogP contribution >= 0.6 is 0 Å². The van der Waals surface area contributed by atoms with E-state index in [1.54, 1.807) is 6.07 Å². The van der Waals surface area contributed by atoms with E-state index in [2.05, 4.69) is 26.9 Å². The minimum atomic E-state index is -1.04. The van der Waals surface area contributed by atoms with E-state index >= 15 is 0 Å². The largest absolute Gasteiger partial charge is 0.476 e. The SMILES string of the molecule is CCN1CCC(N(C)c2ccc(C(=O)O)nn2)CC1. The molecule has 0 aromatic carbocycles. The predicted molar refractivity (Wildman–Crippen MR) is 72.5 cm³/mol. The molecule has 1 N–H and O–H groups in total. The Balaban J connectivity index is 1.99. The molecular weight excluding hydrogens is 244 g/mol. The van der Waals surface area contributed by atoms with Gasteiger partial charge in [0.1, 0.15) is 0 Å². The smallest absolute Gasteiger partial charge is 0.356 e. The Morgan fingerprint density at radius 2 is 2.11 bits per heavy atom. The van der Waals surface area contributed by atoms with Crippen molar-refractivity contribution < 1.29 is 9.90 Å². The Kier molecular flexibility index (Phi) is 4.31. The van der Waals surface area contributed by atoms with Gasteiger partial charge in [-0.05, 0) is 31.5 Å². The van der Waals surface area contributed by atoms with Crippen LogP contribution < -0.4 is 4.90 Å². The van der Waals surface area contributed by atoms with Crippen molar-refractivity contribution in [3.63, 3.8) is 0 Å². The maximum atomic E-state index is 10.7. The molecule has 0 atom stereocenters. The van der Waals surface area contributed by atoms with E-state index in [1.165, 1.54) is 6.07 Å². The van der Waals surface area contributed by atoms with Gasteiger partial charge in [0.05, 0.1) is 0 Å². The van der Waals surface area contributed by atoms with Crippen LogP contribution in [0.2, 0.25) is 0 Å². The summed E-state index contributed by atoms with van der Waals surface area (Å²) in [4.78, 5) is 15.3. The number of carboxylic acids is 1. The maximum Gasteiger partial charge on any atom is 0.356 e. The number of likely N-dealkylation sites (tertiary alicyclic amines) is 1. The van der Waals surface area contributed by atoms with Crippen molar-refractivity contribution in [2.45, 2.75) is 25.8 Å². The van der Waals surface area contributed by atoms with E-state index in [1.807, 2.05) is 7.05 Å². The minimum Gasteiger partial charge on any atom is -0.476 e. The van der Waals surface area contributed by atoms with Gasteiger partial charge in [0.25, 0.3) is 0 Å². The molecule has 1 fully saturated rings. The summed E-state index contributed by atoms with van der Waals surface area (Å²) in [6, 6.07) is 3.68. The Morgan fingerprint density at radius 1 is 1.42 bits per heavy atom. The first-order valence-corrected chi connectivity index (χ1v) is 6.64. The third-order valence-electron chi connectivity index (χ3n) is 3.78. The van der Waals surface area contributed by atoms with Crippen LogP contribution in [0.3, 0.4) is 0 Å². The van der Waals surface area contributed by atoms with E-state index in [4.69, 9.17) is 5.11 Å². The third-order valence-corrected chi connectivity index (χ3v) is 3.78. The molecule has 0 unspecified atom stereocenters.